The van der Waals surface area contributed by atoms with Gasteiger partial charge in [0, 0.05) is 40.3 Å². The maximum atomic E-state index is 12.8. The van der Waals surface area contributed by atoms with Gasteiger partial charge in [0.2, 0.25) is 5.91 Å². The number of nitrogens with zero attached hydrogens (tertiary/aromatic N) is 8. The summed E-state index contributed by atoms with van der Waals surface area (Å²) in [7, 11) is 2.97. The smallest absolute Gasteiger partial charge is 0.332 e. The van der Waals surface area contributed by atoms with Crippen LogP contribution in [0.2, 0.25) is 0 Å². The lowest BCUT2D eigenvalue weighted by Gasteiger charge is -2.35. The van der Waals surface area contributed by atoms with Crippen LogP contribution in [0.25, 0.3) is 11.2 Å². The average molecular weight is 398 g/mol. The molecule has 0 N–H and O–H groups in total. The number of hydrogen-bond acceptors (Lipinski definition) is 7. The molecule has 0 aromatic carbocycles. The van der Waals surface area contributed by atoms with Crippen molar-refractivity contribution in [3.63, 3.8) is 0 Å². The predicted molar refractivity (Wildman–Crippen MR) is 106 cm³/mol. The van der Waals surface area contributed by atoms with Gasteiger partial charge in [-0.3, -0.25) is 18.7 Å². The van der Waals surface area contributed by atoms with Crippen LogP contribution in [0.5, 0.6) is 0 Å². The van der Waals surface area contributed by atoms with Gasteiger partial charge in [0.15, 0.2) is 17.0 Å². The molecule has 0 bridgehead atoms. The van der Waals surface area contributed by atoms with Crippen molar-refractivity contribution in [2.24, 2.45) is 14.1 Å². The first-order valence-corrected chi connectivity index (χ1v) is 9.30. The third-order valence-corrected chi connectivity index (χ3v) is 5.26. The van der Waals surface area contributed by atoms with Crippen molar-refractivity contribution >= 4 is 22.9 Å². The Bertz CT molecular complexity index is 1180. The van der Waals surface area contributed by atoms with Gasteiger partial charge < -0.3 is 14.4 Å². The quantitative estimate of drug-likeness (QED) is 0.549. The molecule has 1 aliphatic rings. The van der Waals surface area contributed by atoms with Gasteiger partial charge in [-0.05, 0) is 19.1 Å². The molecule has 0 radical (unpaired) electrons. The molecular formula is C18H22N8O3. The molecule has 11 heteroatoms. The fraction of sp³-hybridized carbons (Fsp3) is 0.444. The van der Waals surface area contributed by atoms with E-state index in [2.05, 4.69) is 20.1 Å². The first-order valence-electron chi connectivity index (χ1n) is 9.30. The van der Waals surface area contributed by atoms with Crippen LogP contribution in [-0.2, 0) is 25.4 Å². The van der Waals surface area contributed by atoms with Crippen LogP contribution >= 0.6 is 0 Å². The molecule has 0 aliphatic carbocycles. The van der Waals surface area contributed by atoms with E-state index in [1.54, 1.807) is 11.9 Å². The SMILES string of the molecule is Cc1ccc(N2CCN(C(=O)Cn3cnc4c3c(=O)n(C)c(=O)n4C)CC2)nn1. The Labute approximate surface area is 165 Å². The summed E-state index contributed by atoms with van der Waals surface area (Å²) in [5.74, 6) is 0.697. The fourth-order valence-electron chi connectivity index (χ4n) is 3.51. The second-order valence-electron chi connectivity index (χ2n) is 7.15. The Hall–Kier alpha value is -3.50. The van der Waals surface area contributed by atoms with E-state index in [1.807, 2.05) is 19.1 Å². The second-order valence-corrected chi connectivity index (χ2v) is 7.15. The number of piperazine rings is 1. The van der Waals surface area contributed by atoms with Crippen LogP contribution in [0.4, 0.5) is 5.82 Å². The molecule has 1 amide bonds. The third kappa shape index (κ3) is 3.28. The third-order valence-electron chi connectivity index (χ3n) is 5.26. The first kappa shape index (κ1) is 18.8. The molecule has 4 heterocycles. The molecule has 1 saturated heterocycles. The van der Waals surface area contributed by atoms with E-state index >= 15 is 0 Å². The molecule has 0 unspecified atom stereocenters. The number of carbonyl (C=O) groups excluding carboxylic acids is 1. The number of aryl methyl sites for hydroxylation is 2. The van der Waals surface area contributed by atoms with Gasteiger partial charge in [0.25, 0.3) is 5.56 Å². The molecule has 4 rings (SSSR count). The molecule has 3 aromatic rings. The van der Waals surface area contributed by atoms with E-state index in [4.69, 9.17) is 0 Å². The van der Waals surface area contributed by atoms with Gasteiger partial charge in [-0.2, -0.15) is 5.10 Å². The Morgan fingerprint density at radius 1 is 1.03 bits per heavy atom. The minimum atomic E-state index is -0.462. The molecule has 1 fully saturated rings. The number of aromatic nitrogens is 6. The molecule has 3 aromatic heterocycles. The van der Waals surface area contributed by atoms with Crippen molar-refractivity contribution in [2.45, 2.75) is 13.5 Å². The number of fused-ring (bicyclic) bond motifs is 1. The zero-order chi connectivity index (χ0) is 20.7. The molecule has 0 saturated carbocycles. The van der Waals surface area contributed by atoms with Crippen LogP contribution in [0.15, 0.2) is 28.0 Å². The predicted octanol–water partition coefficient (Wildman–Crippen LogP) is -1.12. The normalized spacial score (nSPS) is 14.6. The van der Waals surface area contributed by atoms with Crippen LogP contribution < -0.4 is 16.1 Å². The summed E-state index contributed by atoms with van der Waals surface area (Å²) >= 11 is 0. The minimum absolute atomic E-state index is 0.00567. The highest BCUT2D eigenvalue weighted by molar-refractivity contribution is 5.79. The van der Waals surface area contributed by atoms with Gasteiger partial charge in [-0.25, -0.2) is 9.78 Å². The lowest BCUT2D eigenvalue weighted by molar-refractivity contribution is -0.132. The maximum Gasteiger partial charge on any atom is 0.332 e. The number of imidazole rings is 1. The highest BCUT2D eigenvalue weighted by Crippen LogP contribution is 2.13. The van der Waals surface area contributed by atoms with Crippen molar-refractivity contribution in [3.05, 3.63) is 45.0 Å². The topological polar surface area (TPSA) is 111 Å². The molecule has 152 valence electrons. The van der Waals surface area contributed by atoms with E-state index in [9.17, 15) is 14.4 Å². The Morgan fingerprint density at radius 2 is 1.76 bits per heavy atom. The first-order chi connectivity index (χ1) is 13.9. The zero-order valence-electron chi connectivity index (χ0n) is 16.6. The van der Waals surface area contributed by atoms with E-state index in [1.165, 1.54) is 22.5 Å². The second kappa shape index (κ2) is 7.15. The molecule has 1 aliphatic heterocycles. The Kier molecular flexibility index (Phi) is 4.65. The summed E-state index contributed by atoms with van der Waals surface area (Å²) in [4.78, 5) is 45.4. The summed E-state index contributed by atoms with van der Waals surface area (Å²) in [6.45, 7) is 4.30. The van der Waals surface area contributed by atoms with Crippen molar-refractivity contribution in [1.82, 2.24) is 33.8 Å². The summed E-state index contributed by atoms with van der Waals surface area (Å²) in [5.41, 5.74) is 0.467. The van der Waals surface area contributed by atoms with Crippen molar-refractivity contribution in [1.29, 1.82) is 0 Å². The molecule has 0 atom stereocenters. The largest absolute Gasteiger partial charge is 0.352 e. The van der Waals surface area contributed by atoms with E-state index in [0.717, 1.165) is 16.1 Å². The van der Waals surface area contributed by atoms with Crippen molar-refractivity contribution < 1.29 is 4.79 Å². The van der Waals surface area contributed by atoms with Crippen LogP contribution in [0, 0.1) is 6.92 Å². The summed E-state index contributed by atoms with van der Waals surface area (Å²) in [6.07, 6.45) is 1.43. The van der Waals surface area contributed by atoms with E-state index in [0.29, 0.717) is 26.2 Å². The van der Waals surface area contributed by atoms with E-state index in [-0.39, 0.29) is 23.6 Å². The number of hydrogen-bond donors (Lipinski definition) is 0. The van der Waals surface area contributed by atoms with Crippen LogP contribution in [0.3, 0.4) is 0 Å². The zero-order valence-corrected chi connectivity index (χ0v) is 16.6. The van der Waals surface area contributed by atoms with E-state index < -0.39 is 11.2 Å². The molecule has 29 heavy (non-hydrogen) atoms. The molecular weight excluding hydrogens is 376 g/mol. The number of anilines is 1. The summed E-state index contributed by atoms with van der Waals surface area (Å²) < 4.78 is 3.84. The average Bonchev–Trinajstić information content (AvgIpc) is 3.15. The monoisotopic (exact) mass is 398 g/mol. The van der Waals surface area contributed by atoms with Gasteiger partial charge in [0.05, 0.1) is 12.0 Å². The highest BCUT2D eigenvalue weighted by Gasteiger charge is 2.23. The molecule has 0 spiro atoms. The van der Waals surface area contributed by atoms with Crippen molar-refractivity contribution in [3.8, 4) is 0 Å². The number of carbonyl (C=O) groups is 1. The van der Waals surface area contributed by atoms with Crippen LogP contribution in [-0.4, -0.2) is 65.9 Å². The van der Waals surface area contributed by atoms with Gasteiger partial charge in [-0.1, -0.05) is 0 Å². The number of rotatable bonds is 3. The summed E-state index contributed by atoms with van der Waals surface area (Å²) in [5, 5.41) is 8.27. The standard InChI is InChI=1S/C18H22N8O3/c1-12-4-5-13(21-20-12)24-6-8-25(9-7-24)14(27)10-26-11-19-16-15(26)17(28)23(3)18(29)22(16)2/h4-5,11H,6-10H2,1-3H3. The number of amides is 1. The highest BCUT2D eigenvalue weighted by atomic mass is 16.2. The fourth-order valence-corrected chi connectivity index (χ4v) is 3.51. The minimum Gasteiger partial charge on any atom is -0.352 e. The van der Waals surface area contributed by atoms with Gasteiger partial charge in [0.1, 0.15) is 6.54 Å². The Morgan fingerprint density at radius 3 is 2.41 bits per heavy atom. The Balaban J connectivity index is 1.49. The lowest BCUT2D eigenvalue weighted by atomic mass is 10.3. The van der Waals surface area contributed by atoms with Crippen molar-refractivity contribution in [2.75, 3.05) is 31.1 Å². The maximum absolute atomic E-state index is 12.8. The lowest BCUT2D eigenvalue weighted by Crippen LogP contribution is -2.50. The van der Waals surface area contributed by atoms with Crippen LogP contribution in [0.1, 0.15) is 5.69 Å². The summed E-state index contributed by atoms with van der Waals surface area (Å²) in [6, 6.07) is 3.84. The van der Waals surface area contributed by atoms with Gasteiger partial charge in [-0.15, -0.1) is 5.10 Å². The van der Waals surface area contributed by atoms with Gasteiger partial charge >= 0.3 is 5.69 Å². The molecule has 11 nitrogen and oxygen atoms in total.